The predicted octanol–water partition coefficient (Wildman–Crippen LogP) is 2.50. The van der Waals surface area contributed by atoms with Gasteiger partial charge in [-0.3, -0.25) is 9.48 Å². The van der Waals surface area contributed by atoms with Crippen LogP contribution in [-0.4, -0.2) is 39.7 Å². The number of nitrogens with zero attached hydrogens (tertiary/aromatic N) is 3. The SMILES string of the molecule is Cc1cc(C)n(Cc2cccc(C(=O)N3CCCCC3CN)c2)n1. The molecule has 2 N–H and O–H groups in total. The van der Waals surface area contributed by atoms with E-state index in [0.717, 1.165) is 48.3 Å². The molecule has 0 spiro atoms. The maximum absolute atomic E-state index is 12.9. The third-order valence-corrected chi connectivity index (χ3v) is 4.77. The zero-order valence-corrected chi connectivity index (χ0v) is 14.5. The lowest BCUT2D eigenvalue weighted by Crippen LogP contribution is -2.47. The fraction of sp³-hybridized carbons (Fsp3) is 0.474. The Kier molecular flexibility index (Phi) is 5.00. The van der Waals surface area contributed by atoms with E-state index in [1.165, 1.54) is 0 Å². The number of likely N-dealkylation sites (tertiary alicyclic amines) is 1. The van der Waals surface area contributed by atoms with Crippen LogP contribution in [-0.2, 0) is 6.54 Å². The lowest BCUT2D eigenvalue weighted by atomic mass is 10.0. The van der Waals surface area contributed by atoms with E-state index in [-0.39, 0.29) is 11.9 Å². The van der Waals surface area contributed by atoms with Gasteiger partial charge in [0, 0.05) is 30.4 Å². The van der Waals surface area contributed by atoms with Gasteiger partial charge in [0.05, 0.1) is 12.2 Å². The third kappa shape index (κ3) is 3.51. The number of rotatable bonds is 4. The Balaban J connectivity index is 1.79. The summed E-state index contributed by atoms with van der Waals surface area (Å²) in [6.45, 7) is 6.07. The van der Waals surface area contributed by atoms with Crippen molar-refractivity contribution in [3.05, 3.63) is 52.8 Å². The van der Waals surface area contributed by atoms with Crippen molar-refractivity contribution in [2.45, 2.75) is 45.7 Å². The van der Waals surface area contributed by atoms with E-state index in [4.69, 9.17) is 5.73 Å². The van der Waals surface area contributed by atoms with Crippen molar-refractivity contribution in [3.8, 4) is 0 Å². The molecule has 5 nitrogen and oxygen atoms in total. The number of hydrogen-bond acceptors (Lipinski definition) is 3. The van der Waals surface area contributed by atoms with Crippen LogP contribution in [0.3, 0.4) is 0 Å². The molecular formula is C19H26N4O. The van der Waals surface area contributed by atoms with Gasteiger partial charge in [0.1, 0.15) is 0 Å². The Labute approximate surface area is 143 Å². The standard InChI is InChI=1S/C19H26N4O/c1-14-10-15(2)23(21-14)13-16-6-5-7-17(11-16)19(24)22-9-4-3-8-18(22)12-20/h5-7,10-11,18H,3-4,8-9,12-13,20H2,1-2H3. The van der Waals surface area contributed by atoms with E-state index in [9.17, 15) is 4.79 Å². The molecule has 0 radical (unpaired) electrons. The summed E-state index contributed by atoms with van der Waals surface area (Å²) in [5.74, 6) is 0.0976. The summed E-state index contributed by atoms with van der Waals surface area (Å²) in [6.07, 6.45) is 3.23. The van der Waals surface area contributed by atoms with Gasteiger partial charge in [-0.1, -0.05) is 12.1 Å². The molecule has 5 heteroatoms. The second-order valence-corrected chi connectivity index (χ2v) is 6.67. The minimum atomic E-state index is 0.0976. The molecule has 1 fully saturated rings. The van der Waals surface area contributed by atoms with Crippen molar-refractivity contribution < 1.29 is 4.79 Å². The van der Waals surface area contributed by atoms with Crippen LogP contribution < -0.4 is 5.73 Å². The number of carbonyl (C=O) groups excluding carboxylic acids is 1. The molecule has 3 rings (SSSR count). The van der Waals surface area contributed by atoms with Crippen molar-refractivity contribution in [3.63, 3.8) is 0 Å². The Morgan fingerprint density at radius 3 is 2.83 bits per heavy atom. The minimum Gasteiger partial charge on any atom is -0.334 e. The van der Waals surface area contributed by atoms with Crippen LogP contribution in [0.15, 0.2) is 30.3 Å². The molecule has 24 heavy (non-hydrogen) atoms. The fourth-order valence-electron chi connectivity index (χ4n) is 3.49. The van der Waals surface area contributed by atoms with E-state index < -0.39 is 0 Å². The van der Waals surface area contributed by atoms with Gasteiger partial charge in [-0.25, -0.2) is 0 Å². The molecule has 1 amide bonds. The van der Waals surface area contributed by atoms with Gasteiger partial charge in [0.2, 0.25) is 0 Å². The summed E-state index contributed by atoms with van der Waals surface area (Å²) < 4.78 is 1.97. The molecule has 1 atom stereocenters. The zero-order valence-electron chi connectivity index (χ0n) is 14.5. The minimum absolute atomic E-state index is 0.0976. The van der Waals surface area contributed by atoms with E-state index in [1.54, 1.807) is 0 Å². The molecule has 2 aromatic rings. The summed E-state index contributed by atoms with van der Waals surface area (Å²) in [5, 5.41) is 4.50. The van der Waals surface area contributed by atoms with Gasteiger partial charge >= 0.3 is 0 Å². The molecule has 1 aliphatic rings. The lowest BCUT2D eigenvalue weighted by molar-refractivity contribution is 0.0623. The average molecular weight is 326 g/mol. The van der Waals surface area contributed by atoms with Crippen molar-refractivity contribution >= 4 is 5.91 Å². The highest BCUT2D eigenvalue weighted by molar-refractivity contribution is 5.94. The highest BCUT2D eigenvalue weighted by Gasteiger charge is 2.26. The monoisotopic (exact) mass is 326 g/mol. The maximum atomic E-state index is 12.9. The van der Waals surface area contributed by atoms with Gasteiger partial charge in [-0.05, 0) is 56.9 Å². The van der Waals surface area contributed by atoms with Crippen molar-refractivity contribution in [2.75, 3.05) is 13.1 Å². The fourth-order valence-corrected chi connectivity index (χ4v) is 3.49. The zero-order chi connectivity index (χ0) is 17.1. The molecule has 1 aromatic carbocycles. The number of piperidine rings is 1. The normalized spacial score (nSPS) is 18.0. The first kappa shape index (κ1) is 16.7. The molecule has 0 saturated carbocycles. The lowest BCUT2D eigenvalue weighted by Gasteiger charge is -2.35. The Morgan fingerprint density at radius 1 is 1.29 bits per heavy atom. The maximum Gasteiger partial charge on any atom is 0.254 e. The van der Waals surface area contributed by atoms with Crippen LogP contribution in [0.5, 0.6) is 0 Å². The van der Waals surface area contributed by atoms with Crippen molar-refractivity contribution in [1.82, 2.24) is 14.7 Å². The first-order valence-electron chi connectivity index (χ1n) is 8.69. The molecule has 1 aliphatic heterocycles. The van der Waals surface area contributed by atoms with Crippen LogP contribution in [0.1, 0.15) is 46.6 Å². The van der Waals surface area contributed by atoms with Crippen LogP contribution in [0, 0.1) is 13.8 Å². The Bertz CT molecular complexity index is 722. The highest BCUT2D eigenvalue weighted by atomic mass is 16.2. The molecule has 0 aliphatic carbocycles. The number of amides is 1. The molecule has 1 saturated heterocycles. The van der Waals surface area contributed by atoms with E-state index in [1.807, 2.05) is 40.8 Å². The van der Waals surface area contributed by atoms with Crippen LogP contribution >= 0.6 is 0 Å². The van der Waals surface area contributed by atoms with Gasteiger partial charge in [0.25, 0.3) is 5.91 Å². The number of aromatic nitrogens is 2. The van der Waals surface area contributed by atoms with Crippen LogP contribution in [0.4, 0.5) is 0 Å². The molecule has 1 unspecified atom stereocenters. The molecule has 1 aromatic heterocycles. The first-order valence-corrected chi connectivity index (χ1v) is 8.69. The largest absolute Gasteiger partial charge is 0.334 e. The number of carbonyl (C=O) groups is 1. The molecular weight excluding hydrogens is 300 g/mol. The van der Waals surface area contributed by atoms with Gasteiger partial charge in [-0.15, -0.1) is 0 Å². The van der Waals surface area contributed by atoms with Crippen LogP contribution in [0.2, 0.25) is 0 Å². The van der Waals surface area contributed by atoms with Crippen LogP contribution in [0.25, 0.3) is 0 Å². The summed E-state index contributed by atoms with van der Waals surface area (Å²) in [7, 11) is 0. The summed E-state index contributed by atoms with van der Waals surface area (Å²) >= 11 is 0. The Morgan fingerprint density at radius 2 is 2.12 bits per heavy atom. The van der Waals surface area contributed by atoms with E-state index in [0.29, 0.717) is 13.1 Å². The topological polar surface area (TPSA) is 64.2 Å². The summed E-state index contributed by atoms with van der Waals surface area (Å²) in [4.78, 5) is 14.8. The average Bonchev–Trinajstić information content (AvgIpc) is 2.91. The second kappa shape index (κ2) is 7.18. The van der Waals surface area contributed by atoms with Gasteiger partial charge in [0.15, 0.2) is 0 Å². The number of nitrogens with two attached hydrogens (primary N) is 1. The third-order valence-electron chi connectivity index (χ3n) is 4.77. The highest BCUT2D eigenvalue weighted by Crippen LogP contribution is 2.20. The molecule has 2 heterocycles. The summed E-state index contributed by atoms with van der Waals surface area (Å²) in [5.41, 5.74) is 9.83. The quantitative estimate of drug-likeness (QED) is 0.939. The van der Waals surface area contributed by atoms with Gasteiger partial charge in [-0.2, -0.15) is 5.10 Å². The predicted molar refractivity (Wildman–Crippen MR) is 95.0 cm³/mol. The number of aryl methyl sites for hydroxylation is 2. The van der Waals surface area contributed by atoms with Crippen molar-refractivity contribution in [1.29, 1.82) is 0 Å². The van der Waals surface area contributed by atoms with E-state index in [2.05, 4.69) is 18.1 Å². The van der Waals surface area contributed by atoms with Gasteiger partial charge < -0.3 is 10.6 Å². The number of benzene rings is 1. The Hall–Kier alpha value is -2.14. The second-order valence-electron chi connectivity index (χ2n) is 6.67. The summed E-state index contributed by atoms with van der Waals surface area (Å²) in [6, 6.07) is 10.1. The number of hydrogen-bond donors (Lipinski definition) is 1. The van der Waals surface area contributed by atoms with Crippen molar-refractivity contribution in [2.24, 2.45) is 5.73 Å². The smallest absolute Gasteiger partial charge is 0.254 e. The molecule has 128 valence electrons. The molecule has 0 bridgehead atoms. The van der Waals surface area contributed by atoms with E-state index >= 15 is 0 Å². The first-order chi connectivity index (χ1) is 11.6.